The molecule has 0 aromatic carbocycles. The van der Waals surface area contributed by atoms with Gasteiger partial charge in [0.15, 0.2) is 0 Å². The fraction of sp³-hybridized carbons (Fsp3) is 0.500. The third-order valence-electron chi connectivity index (χ3n) is 3.30. The van der Waals surface area contributed by atoms with Crippen LogP contribution in [-0.2, 0) is 4.74 Å². The summed E-state index contributed by atoms with van der Waals surface area (Å²) in [7, 11) is 0. The Labute approximate surface area is 122 Å². The van der Waals surface area contributed by atoms with Crippen molar-refractivity contribution < 1.29 is 19.4 Å². The third-order valence-corrected chi connectivity index (χ3v) is 3.30. The van der Waals surface area contributed by atoms with Gasteiger partial charge in [0.2, 0.25) is 0 Å². The van der Waals surface area contributed by atoms with E-state index in [-0.39, 0.29) is 17.7 Å². The number of pyridine rings is 1. The molecular weight excluding hydrogens is 274 g/mol. The number of nitrogens with one attached hydrogen (secondary N) is 1. The number of urea groups is 1. The zero-order chi connectivity index (χ0) is 15.2. The standard InChI is InChI=1S/C14H19N3O4/c1-2-21-12-4-3-5-17(9-12)14(20)16-11-6-10(13(18)19)7-15-8-11/h6-8,12H,2-5,9H2,1H3,(H,16,20)(H,18,19). The molecule has 1 aliphatic heterocycles. The predicted octanol–water partition coefficient (Wildman–Crippen LogP) is 1.81. The lowest BCUT2D eigenvalue weighted by atomic mass is 10.1. The summed E-state index contributed by atoms with van der Waals surface area (Å²) in [4.78, 5) is 28.5. The molecular formula is C14H19N3O4. The molecule has 0 spiro atoms. The number of ether oxygens (including phenoxy) is 1. The van der Waals surface area contributed by atoms with Crippen molar-refractivity contribution in [2.24, 2.45) is 0 Å². The first-order chi connectivity index (χ1) is 10.1. The van der Waals surface area contributed by atoms with E-state index in [0.29, 0.717) is 25.4 Å². The second-order valence-corrected chi connectivity index (χ2v) is 4.86. The summed E-state index contributed by atoms with van der Waals surface area (Å²) in [6.07, 6.45) is 4.58. The summed E-state index contributed by atoms with van der Waals surface area (Å²) >= 11 is 0. The molecule has 7 heteroatoms. The monoisotopic (exact) mass is 293 g/mol. The van der Waals surface area contributed by atoms with E-state index in [2.05, 4.69) is 10.3 Å². The van der Waals surface area contributed by atoms with Crippen LogP contribution in [0.25, 0.3) is 0 Å². The van der Waals surface area contributed by atoms with E-state index in [4.69, 9.17) is 9.84 Å². The van der Waals surface area contributed by atoms with Gasteiger partial charge in [-0.1, -0.05) is 0 Å². The van der Waals surface area contributed by atoms with Crippen LogP contribution in [0.3, 0.4) is 0 Å². The zero-order valence-corrected chi connectivity index (χ0v) is 11.9. The average molecular weight is 293 g/mol. The van der Waals surface area contributed by atoms with Crippen LogP contribution in [0, 0.1) is 0 Å². The minimum Gasteiger partial charge on any atom is -0.478 e. The van der Waals surface area contributed by atoms with Gasteiger partial charge in [-0.05, 0) is 25.8 Å². The highest BCUT2D eigenvalue weighted by Gasteiger charge is 2.24. The Hall–Kier alpha value is -2.15. The first-order valence-electron chi connectivity index (χ1n) is 6.96. The first kappa shape index (κ1) is 15.2. The van der Waals surface area contributed by atoms with Crippen LogP contribution < -0.4 is 5.32 Å². The Morgan fingerprint density at radius 3 is 3.05 bits per heavy atom. The number of amides is 2. The molecule has 0 radical (unpaired) electrons. The number of aromatic nitrogens is 1. The summed E-state index contributed by atoms with van der Waals surface area (Å²) in [5.74, 6) is -1.08. The second-order valence-electron chi connectivity index (χ2n) is 4.86. The fourth-order valence-electron chi connectivity index (χ4n) is 2.32. The van der Waals surface area contributed by atoms with Gasteiger partial charge >= 0.3 is 12.0 Å². The van der Waals surface area contributed by atoms with E-state index >= 15 is 0 Å². The van der Waals surface area contributed by atoms with Crippen molar-refractivity contribution in [2.75, 3.05) is 25.0 Å². The summed E-state index contributed by atoms with van der Waals surface area (Å²) in [5.41, 5.74) is 0.414. The smallest absolute Gasteiger partial charge is 0.337 e. The normalized spacial score (nSPS) is 18.3. The highest BCUT2D eigenvalue weighted by Crippen LogP contribution is 2.15. The topological polar surface area (TPSA) is 91.8 Å². The Kier molecular flexibility index (Phi) is 5.10. The molecule has 1 fully saturated rings. The third kappa shape index (κ3) is 4.16. The Balaban J connectivity index is 1.97. The number of carbonyl (C=O) groups is 2. The maximum absolute atomic E-state index is 12.2. The fourth-order valence-corrected chi connectivity index (χ4v) is 2.32. The van der Waals surface area contributed by atoms with Gasteiger partial charge < -0.3 is 20.1 Å². The largest absolute Gasteiger partial charge is 0.478 e. The number of aromatic carboxylic acids is 1. The molecule has 1 saturated heterocycles. The zero-order valence-electron chi connectivity index (χ0n) is 11.9. The van der Waals surface area contributed by atoms with Gasteiger partial charge in [-0.3, -0.25) is 4.98 Å². The van der Waals surface area contributed by atoms with Gasteiger partial charge in [-0.25, -0.2) is 9.59 Å². The number of carbonyl (C=O) groups excluding carboxylic acids is 1. The van der Waals surface area contributed by atoms with Crippen LogP contribution in [0.2, 0.25) is 0 Å². The van der Waals surface area contributed by atoms with Gasteiger partial charge in [0.05, 0.1) is 23.6 Å². The molecule has 1 aromatic heterocycles. The van der Waals surface area contributed by atoms with Crippen LogP contribution in [-0.4, -0.2) is 52.8 Å². The number of hydrogen-bond acceptors (Lipinski definition) is 4. The van der Waals surface area contributed by atoms with E-state index in [1.165, 1.54) is 18.5 Å². The minimum absolute atomic E-state index is 0.0404. The van der Waals surface area contributed by atoms with Crippen LogP contribution in [0.15, 0.2) is 18.5 Å². The lowest BCUT2D eigenvalue weighted by Gasteiger charge is -2.32. The van der Waals surface area contributed by atoms with E-state index < -0.39 is 5.97 Å². The molecule has 2 amide bonds. The summed E-state index contributed by atoms with van der Waals surface area (Å²) in [6.45, 7) is 3.78. The molecule has 21 heavy (non-hydrogen) atoms. The van der Waals surface area contributed by atoms with Gasteiger partial charge in [0, 0.05) is 25.9 Å². The molecule has 114 valence electrons. The number of anilines is 1. The van der Waals surface area contributed by atoms with Crippen molar-refractivity contribution in [1.29, 1.82) is 0 Å². The second kappa shape index (κ2) is 7.03. The first-order valence-corrected chi connectivity index (χ1v) is 6.96. The van der Waals surface area contributed by atoms with Crippen molar-refractivity contribution in [1.82, 2.24) is 9.88 Å². The van der Waals surface area contributed by atoms with E-state index in [1.807, 2.05) is 6.92 Å². The van der Waals surface area contributed by atoms with Crippen molar-refractivity contribution in [3.05, 3.63) is 24.0 Å². The Morgan fingerprint density at radius 1 is 1.52 bits per heavy atom. The summed E-state index contributed by atoms with van der Waals surface area (Å²) in [6, 6.07) is 1.13. The Morgan fingerprint density at radius 2 is 2.33 bits per heavy atom. The van der Waals surface area contributed by atoms with Crippen LogP contribution >= 0.6 is 0 Å². The number of rotatable bonds is 4. The SMILES string of the molecule is CCOC1CCCN(C(=O)Nc2cncc(C(=O)O)c2)C1. The van der Waals surface area contributed by atoms with Gasteiger partial charge in [0.25, 0.3) is 0 Å². The lowest BCUT2D eigenvalue weighted by molar-refractivity contribution is 0.0181. The van der Waals surface area contributed by atoms with Crippen LogP contribution in [0.5, 0.6) is 0 Å². The van der Waals surface area contributed by atoms with Gasteiger partial charge in [-0.15, -0.1) is 0 Å². The predicted molar refractivity (Wildman–Crippen MR) is 76.4 cm³/mol. The average Bonchev–Trinajstić information content (AvgIpc) is 2.48. The van der Waals surface area contributed by atoms with Crippen molar-refractivity contribution in [2.45, 2.75) is 25.9 Å². The number of piperidine rings is 1. The molecule has 1 atom stereocenters. The van der Waals surface area contributed by atoms with Crippen molar-refractivity contribution in [3.63, 3.8) is 0 Å². The number of nitrogens with zero attached hydrogens (tertiary/aromatic N) is 2. The lowest BCUT2D eigenvalue weighted by Crippen LogP contribution is -2.45. The number of carboxylic acid groups (broad SMARTS) is 1. The van der Waals surface area contributed by atoms with E-state index in [9.17, 15) is 9.59 Å². The Bertz CT molecular complexity index is 519. The van der Waals surface area contributed by atoms with E-state index in [1.54, 1.807) is 4.90 Å². The van der Waals surface area contributed by atoms with Crippen molar-refractivity contribution >= 4 is 17.7 Å². The maximum atomic E-state index is 12.2. The number of likely N-dealkylation sites (tertiary alicyclic amines) is 1. The molecule has 2 N–H and O–H groups in total. The van der Waals surface area contributed by atoms with Gasteiger partial charge in [0.1, 0.15) is 0 Å². The van der Waals surface area contributed by atoms with Crippen molar-refractivity contribution in [3.8, 4) is 0 Å². The molecule has 2 heterocycles. The summed E-state index contributed by atoms with van der Waals surface area (Å²) in [5, 5.41) is 11.6. The molecule has 7 nitrogen and oxygen atoms in total. The highest BCUT2D eigenvalue weighted by atomic mass is 16.5. The molecule has 0 bridgehead atoms. The minimum atomic E-state index is -1.08. The quantitative estimate of drug-likeness (QED) is 0.883. The molecule has 2 rings (SSSR count). The molecule has 1 unspecified atom stereocenters. The molecule has 1 aliphatic rings. The van der Waals surface area contributed by atoms with Gasteiger partial charge in [-0.2, -0.15) is 0 Å². The number of carboxylic acids is 1. The molecule has 0 aliphatic carbocycles. The molecule has 1 aromatic rings. The maximum Gasteiger partial charge on any atom is 0.337 e. The summed E-state index contributed by atoms with van der Waals surface area (Å²) < 4.78 is 5.55. The van der Waals surface area contributed by atoms with Crippen LogP contribution in [0.4, 0.5) is 10.5 Å². The van der Waals surface area contributed by atoms with Crippen LogP contribution in [0.1, 0.15) is 30.1 Å². The number of hydrogen-bond donors (Lipinski definition) is 2. The highest BCUT2D eigenvalue weighted by molar-refractivity contribution is 5.92. The molecule has 0 saturated carbocycles. The van der Waals surface area contributed by atoms with E-state index in [0.717, 1.165) is 12.8 Å².